The van der Waals surface area contributed by atoms with E-state index in [0.29, 0.717) is 16.9 Å². The molecule has 0 radical (unpaired) electrons. The largest absolute Gasteiger partial charge is 0.480 e. The minimum absolute atomic E-state index is 0.0285. The van der Waals surface area contributed by atoms with Crippen LogP contribution in [0.4, 0.5) is 5.69 Å². The van der Waals surface area contributed by atoms with Crippen LogP contribution in [0.15, 0.2) is 60.7 Å². The fourth-order valence-corrected chi connectivity index (χ4v) is 2.76. The molecule has 0 heterocycles. The predicted molar refractivity (Wildman–Crippen MR) is 105 cm³/mol. The molecule has 3 aromatic carbocycles. The van der Waals surface area contributed by atoms with Crippen LogP contribution < -0.4 is 4.74 Å². The first-order chi connectivity index (χ1) is 13.1. The minimum atomic E-state index is -0.476. The van der Waals surface area contributed by atoms with Gasteiger partial charge in [-0.3, -0.25) is 10.1 Å². The second kappa shape index (κ2) is 7.86. The van der Waals surface area contributed by atoms with E-state index in [1.807, 2.05) is 36.4 Å². The molecular formula is C22H14N2O3. The number of nitro groups is 1. The SMILES string of the molecule is C#CCOc1ccc2ccccc2c1/C=C(/C#N)c1ccc([N+](=O)[O-])cc1. The molecule has 0 saturated heterocycles. The van der Waals surface area contributed by atoms with Gasteiger partial charge in [-0.1, -0.05) is 36.3 Å². The molecule has 5 heteroatoms. The number of hydrogen-bond donors (Lipinski definition) is 0. The number of nitriles is 1. The Hall–Kier alpha value is -4.09. The van der Waals surface area contributed by atoms with Gasteiger partial charge in [-0.15, -0.1) is 6.42 Å². The highest BCUT2D eigenvalue weighted by atomic mass is 16.6. The van der Waals surface area contributed by atoms with Crippen molar-refractivity contribution in [3.63, 3.8) is 0 Å². The van der Waals surface area contributed by atoms with Crippen molar-refractivity contribution < 1.29 is 9.66 Å². The van der Waals surface area contributed by atoms with Crippen molar-refractivity contribution in [2.75, 3.05) is 6.61 Å². The summed E-state index contributed by atoms with van der Waals surface area (Å²) >= 11 is 0. The zero-order valence-electron chi connectivity index (χ0n) is 14.3. The van der Waals surface area contributed by atoms with Crippen LogP contribution in [-0.4, -0.2) is 11.5 Å². The van der Waals surface area contributed by atoms with Crippen molar-refractivity contribution in [2.24, 2.45) is 0 Å². The van der Waals surface area contributed by atoms with Gasteiger partial charge in [-0.05, 0) is 40.6 Å². The van der Waals surface area contributed by atoms with Gasteiger partial charge in [-0.25, -0.2) is 0 Å². The Morgan fingerprint density at radius 3 is 2.56 bits per heavy atom. The zero-order valence-corrected chi connectivity index (χ0v) is 14.3. The van der Waals surface area contributed by atoms with Crippen LogP contribution in [0.3, 0.4) is 0 Å². The van der Waals surface area contributed by atoms with Crippen molar-refractivity contribution in [1.82, 2.24) is 0 Å². The summed E-state index contributed by atoms with van der Waals surface area (Å²) in [5.41, 5.74) is 1.66. The third kappa shape index (κ3) is 3.78. The van der Waals surface area contributed by atoms with E-state index in [-0.39, 0.29) is 12.3 Å². The van der Waals surface area contributed by atoms with Gasteiger partial charge in [0.2, 0.25) is 0 Å². The average Bonchev–Trinajstić information content (AvgIpc) is 2.71. The Kier molecular flexibility index (Phi) is 5.16. The van der Waals surface area contributed by atoms with Gasteiger partial charge in [0.15, 0.2) is 0 Å². The molecule has 130 valence electrons. The third-order valence-electron chi connectivity index (χ3n) is 4.04. The number of nitro benzene ring substituents is 1. The van der Waals surface area contributed by atoms with Crippen molar-refractivity contribution in [1.29, 1.82) is 5.26 Å². The molecule has 0 aromatic heterocycles. The molecule has 5 nitrogen and oxygen atoms in total. The van der Waals surface area contributed by atoms with Gasteiger partial charge in [0.25, 0.3) is 5.69 Å². The van der Waals surface area contributed by atoms with E-state index < -0.39 is 4.92 Å². The number of benzene rings is 3. The molecule has 0 unspecified atom stereocenters. The predicted octanol–water partition coefficient (Wildman–Crippen LogP) is 4.82. The number of nitrogens with zero attached hydrogens (tertiary/aromatic N) is 2. The fourth-order valence-electron chi connectivity index (χ4n) is 2.76. The first-order valence-electron chi connectivity index (χ1n) is 8.08. The van der Waals surface area contributed by atoms with Crippen LogP contribution in [0.5, 0.6) is 5.75 Å². The fraction of sp³-hybridized carbons (Fsp3) is 0.0455. The summed E-state index contributed by atoms with van der Waals surface area (Å²) in [7, 11) is 0. The summed E-state index contributed by atoms with van der Waals surface area (Å²) in [5, 5.41) is 22.4. The van der Waals surface area contributed by atoms with E-state index in [9.17, 15) is 15.4 Å². The lowest BCUT2D eigenvalue weighted by molar-refractivity contribution is -0.384. The Balaban J connectivity index is 2.15. The smallest absolute Gasteiger partial charge is 0.269 e. The van der Waals surface area contributed by atoms with Gasteiger partial charge in [0.1, 0.15) is 12.4 Å². The number of non-ortho nitro benzene ring substituents is 1. The van der Waals surface area contributed by atoms with Gasteiger partial charge >= 0.3 is 0 Å². The Morgan fingerprint density at radius 1 is 1.15 bits per heavy atom. The second-order valence-electron chi connectivity index (χ2n) is 5.67. The average molecular weight is 354 g/mol. The molecule has 0 spiro atoms. The molecule has 0 fully saturated rings. The second-order valence-corrected chi connectivity index (χ2v) is 5.67. The Labute approximate surface area is 156 Å². The molecule has 0 bridgehead atoms. The minimum Gasteiger partial charge on any atom is -0.480 e. The van der Waals surface area contributed by atoms with Gasteiger partial charge in [0, 0.05) is 17.7 Å². The molecule has 0 saturated carbocycles. The standard InChI is InChI=1S/C22H14N2O3/c1-2-13-27-22-12-9-17-5-3-4-6-20(17)21(22)14-18(15-23)16-7-10-19(11-8-16)24(25)26/h1,3-12,14H,13H2/b18-14-. The molecule has 3 aromatic rings. The van der Waals surface area contributed by atoms with E-state index in [1.54, 1.807) is 18.2 Å². The highest BCUT2D eigenvalue weighted by molar-refractivity contribution is 6.00. The summed E-state index contributed by atoms with van der Waals surface area (Å²) in [5.74, 6) is 3.01. The van der Waals surface area contributed by atoms with E-state index >= 15 is 0 Å². The summed E-state index contributed by atoms with van der Waals surface area (Å²) in [6.45, 7) is 0.110. The number of ether oxygens (including phenoxy) is 1. The molecule has 0 N–H and O–H groups in total. The molecule has 0 aliphatic heterocycles. The molecule has 0 aliphatic rings. The highest BCUT2D eigenvalue weighted by Crippen LogP contribution is 2.32. The van der Waals surface area contributed by atoms with Crippen molar-refractivity contribution in [3.05, 3.63) is 81.9 Å². The summed E-state index contributed by atoms with van der Waals surface area (Å²) in [4.78, 5) is 10.4. The van der Waals surface area contributed by atoms with E-state index in [0.717, 1.165) is 16.3 Å². The Morgan fingerprint density at radius 2 is 1.89 bits per heavy atom. The molecular weight excluding hydrogens is 340 g/mol. The summed E-state index contributed by atoms with van der Waals surface area (Å²) < 4.78 is 5.65. The summed E-state index contributed by atoms with van der Waals surface area (Å²) in [6, 6.07) is 19.5. The molecule has 0 amide bonds. The maximum atomic E-state index is 10.8. The lowest BCUT2D eigenvalue weighted by Crippen LogP contribution is -1.96. The van der Waals surface area contributed by atoms with Crippen LogP contribution in [0.1, 0.15) is 11.1 Å². The van der Waals surface area contributed by atoms with Crippen LogP contribution in [0, 0.1) is 33.8 Å². The Bertz CT molecular complexity index is 1120. The number of terminal acetylenes is 1. The molecule has 3 rings (SSSR count). The quantitative estimate of drug-likeness (QED) is 0.216. The first kappa shape index (κ1) is 17.7. The van der Waals surface area contributed by atoms with E-state index in [4.69, 9.17) is 11.2 Å². The number of rotatable bonds is 5. The summed E-state index contributed by atoms with van der Waals surface area (Å²) in [6.07, 6.45) is 7.02. The van der Waals surface area contributed by atoms with Crippen molar-refractivity contribution in [3.8, 4) is 24.2 Å². The topological polar surface area (TPSA) is 76.2 Å². The maximum Gasteiger partial charge on any atom is 0.269 e. The third-order valence-corrected chi connectivity index (χ3v) is 4.04. The van der Waals surface area contributed by atoms with Crippen LogP contribution >= 0.6 is 0 Å². The van der Waals surface area contributed by atoms with Crippen LogP contribution in [-0.2, 0) is 0 Å². The monoisotopic (exact) mass is 354 g/mol. The van der Waals surface area contributed by atoms with Gasteiger partial charge < -0.3 is 4.74 Å². The van der Waals surface area contributed by atoms with Crippen LogP contribution in [0.25, 0.3) is 22.4 Å². The van der Waals surface area contributed by atoms with Crippen molar-refractivity contribution in [2.45, 2.75) is 0 Å². The van der Waals surface area contributed by atoms with Crippen molar-refractivity contribution >= 4 is 28.1 Å². The van der Waals surface area contributed by atoms with Gasteiger partial charge in [-0.2, -0.15) is 5.26 Å². The normalized spacial score (nSPS) is 10.8. The van der Waals surface area contributed by atoms with E-state index in [2.05, 4.69) is 12.0 Å². The zero-order chi connectivity index (χ0) is 19.2. The number of allylic oxidation sites excluding steroid dienone is 1. The molecule has 0 aliphatic carbocycles. The lowest BCUT2D eigenvalue weighted by atomic mass is 9.98. The van der Waals surface area contributed by atoms with E-state index in [1.165, 1.54) is 12.1 Å². The maximum absolute atomic E-state index is 10.8. The van der Waals surface area contributed by atoms with Gasteiger partial charge in [0.05, 0.1) is 16.6 Å². The molecule has 0 atom stereocenters. The lowest BCUT2D eigenvalue weighted by Gasteiger charge is -2.11. The number of fused-ring (bicyclic) bond motifs is 1. The molecule has 27 heavy (non-hydrogen) atoms. The number of hydrogen-bond acceptors (Lipinski definition) is 4. The first-order valence-corrected chi connectivity index (χ1v) is 8.08. The highest BCUT2D eigenvalue weighted by Gasteiger charge is 2.11. The van der Waals surface area contributed by atoms with Crippen LogP contribution in [0.2, 0.25) is 0 Å².